The van der Waals surface area contributed by atoms with Crippen molar-refractivity contribution in [3.05, 3.63) is 0 Å². The van der Waals surface area contributed by atoms with Crippen LogP contribution < -0.4 is 5.73 Å². The molecule has 2 nitrogen and oxygen atoms in total. The summed E-state index contributed by atoms with van der Waals surface area (Å²) >= 11 is 0. The summed E-state index contributed by atoms with van der Waals surface area (Å²) in [6.45, 7) is 5.00. The van der Waals surface area contributed by atoms with Crippen LogP contribution >= 0.6 is 0 Å². The summed E-state index contributed by atoms with van der Waals surface area (Å²) in [6, 6.07) is 0. The van der Waals surface area contributed by atoms with Crippen LogP contribution in [-0.4, -0.2) is 17.8 Å². The second kappa shape index (κ2) is 2.51. The Balaban J connectivity index is 2.52. The molecule has 1 fully saturated rings. The molecule has 0 aromatic carbocycles. The fraction of sp³-hybridized carbons (Fsp3) is 1.00. The number of aliphatic hydroxyl groups is 1. The number of rotatable bonds is 1. The van der Waals surface area contributed by atoms with E-state index in [4.69, 9.17) is 5.73 Å². The first-order valence-corrected chi connectivity index (χ1v) is 3.93. The minimum absolute atomic E-state index is 0.153. The van der Waals surface area contributed by atoms with E-state index in [9.17, 15) is 5.11 Å². The van der Waals surface area contributed by atoms with Crippen LogP contribution in [0.3, 0.4) is 0 Å². The van der Waals surface area contributed by atoms with Crippen molar-refractivity contribution in [3.63, 3.8) is 0 Å². The van der Waals surface area contributed by atoms with Gasteiger partial charge in [-0.25, -0.2) is 0 Å². The second-order valence-corrected chi connectivity index (χ2v) is 4.14. The maximum absolute atomic E-state index is 9.44. The molecule has 0 spiro atoms. The molecule has 1 aliphatic rings. The number of hydrogen-bond acceptors (Lipinski definition) is 2. The molecule has 2 unspecified atom stereocenters. The molecule has 1 saturated carbocycles. The van der Waals surface area contributed by atoms with Crippen LogP contribution in [0.25, 0.3) is 0 Å². The van der Waals surface area contributed by atoms with Gasteiger partial charge in [-0.2, -0.15) is 0 Å². The van der Waals surface area contributed by atoms with Gasteiger partial charge in [0.15, 0.2) is 0 Å². The molecular weight excluding hydrogens is 126 g/mol. The zero-order valence-electron chi connectivity index (χ0n) is 6.80. The van der Waals surface area contributed by atoms with Crippen molar-refractivity contribution in [3.8, 4) is 0 Å². The summed E-state index contributed by atoms with van der Waals surface area (Å²) in [5, 5.41) is 9.44. The van der Waals surface area contributed by atoms with Crippen molar-refractivity contribution < 1.29 is 5.11 Å². The van der Waals surface area contributed by atoms with Crippen LogP contribution in [0, 0.1) is 11.3 Å². The molecule has 0 aromatic rings. The first kappa shape index (κ1) is 8.02. The lowest BCUT2D eigenvalue weighted by molar-refractivity contribution is 0.131. The predicted octanol–water partition coefficient (Wildman–Crippen LogP) is 0.742. The van der Waals surface area contributed by atoms with Gasteiger partial charge < -0.3 is 10.8 Å². The SMILES string of the molecule is CC1(C)CC(O)C(CN)C1. The monoisotopic (exact) mass is 143 g/mol. The molecule has 0 radical (unpaired) electrons. The first-order valence-electron chi connectivity index (χ1n) is 3.93. The topological polar surface area (TPSA) is 46.2 Å². The summed E-state index contributed by atoms with van der Waals surface area (Å²) in [7, 11) is 0. The Labute approximate surface area is 62.4 Å². The fourth-order valence-corrected chi connectivity index (χ4v) is 1.90. The summed E-state index contributed by atoms with van der Waals surface area (Å²) in [4.78, 5) is 0. The molecule has 2 heteroatoms. The lowest BCUT2D eigenvalue weighted by Crippen LogP contribution is -2.21. The molecule has 3 N–H and O–H groups in total. The Morgan fingerprint density at radius 2 is 2.10 bits per heavy atom. The maximum Gasteiger partial charge on any atom is 0.0585 e. The largest absolute Gasteiger partial charge is 0.393 e. The molecule has 0 aromatic heterocycles. The average Bonchev–Trinajstić information content (AvgIpc) is 2.05. The molecular formula is C8H17NO. The molecule has 2 atom stereocenters. The highest BCUT2D eigenvalue weighted by atomic mass is 16.3. The Kier molecular flexibility index (Phi) is 2.02. The summed E-state index contributed by atoms with van der Waals surface area (Å²) in [5.74, 6) is 0.343. The number of nitrogens with two attached hydrogens (primary N) is 1. The molecule has 0 aliphatic heterocycles. The molecule has 10 heavy (non-hydrogen) atoms. The van der Waals surface area contributed by atoms with Gasteiger partial charge in [-0.1, -0.05) is 13.8 Å². The Hall–Kier alpha value is -0.0800. The third kappa shape index (κ3) is 1.50. The first-order chi connectivity index (χ1) is 4.55. The van der Waals surface area contributed by atoms with E-state index in [0.717, 1.165) is 12.8 Å². The van der Waals surface area contributed by atoms with E-state index in [1.807, 2.05) is 0 Å². The van der Waals surface area contributed by atoms with Gasteiger partial charge in [0, 0.05) is 0 Å². The number of hydrogen-bond donors (Lipinski definition) is 2. The van der Waals surface area contributed by atoms with Crippen molar-refractivity contribution in [1.29, 1.82) is 0 Å². The van der Waals surface area contributed by atoms with Crippen molar-refractivity contribution in [2.24, 2.45) is 17.1 Å². The lowest BCUT2D eigenvalue weighted by atomic mass is 9.91. The van der Waals surface area contributed by atoms with Crippen molar-refractivity contribution >= 4 is 0 Å². The summed E-state index contributed by atoms with van der Waals surface area (Å²) < 4.78 is 0. The van der Waals surface area contributed by atoms with Crippen LogP contribution in [0.5, 0.6) is 0 Å². The van der Waals surface area contributed by atoms with Gasteiger partial charge in [0.1, 0.15) is 0 Å². The number of aliphatic hydroxyl groups excluding tert-OH is 1. The van der Waals surface area contributed by atoms with E-state index in [1.54, 1.807) is 0 Å². The minimum Gasteiger partial charge on any atom is -0.393 e. The smallest absolute Gasteiger partial charge is 0.0585 e. The van der Waals surface area contributed by atoms with Gasteiger partial charge in [0.05, 0.1) is 6.10 Å². The van der Waals surface area contributed by atoms with Crippen molar-refractivity contribution in [2.45, 2.75) is 32.8 Å². The van der Waals surface area contributed by atoms with Gasteiger partial charge in [0.2, 0.25) is 0 Å². The van der Waals surface area contributed by atoms with Gasteiger partial charge in [-0.05, 0) is 30.7 Å². The van der Waals surface area contributed by atoms with Crippen LogP contribution in [0.2, 0.25) is 0 Å². The predicted molar refractivity (Wildman–Crippen MR) is 41.6 cm³/mol. The third-order valence-electron chi connectivity index (χ3n) is 2.42. The van der Waals surface area contributed by atoms with E-state index in [0.29, 0.717) is 17.9 Å². The van der Waals surface area contributed by atoms with Crippen LogP contribution in [0.4, 0.5) is 0 Å². The molecule has 0 amide bonds. The highest BCUT2D eigenvalue weighted by Gasteiger charge is 2.36. The van der Waals surface area contributed by atoms with E-state index >= 15 is 0 Å². The normalized spacial score (nSPS) is 38.4. The van der Waals surface area contributed by atoms with Crippen LogP contribution in [-0.2, 0) is 0 Å². The average molecular weight is 143 g/mol. The van der Waals surface area contributed by atoms with Crippen molar-refractivity contribution in [2.75, 3.05) is 6.54 Å². The molecule has 0 heterocycles. The van der Waals surface area contributed by atoms with Crippen LogP contribution in [0.15, 0.2) is 0 Å². The third-order valence-corrected chi connectivity index (χ3v) is 2.42. The quantitative estimate of drug-likeness (QED) is 0.568. The highest BCUT2D eigenvalue weighted by Crippen LogP contribution is 2.40. The Bertz CT molecular complexity index is 122. The Morgan fingerprint density at radius 3 is 2.30 bits per heavy atom. The van der Waals surface area contributed by atoms with Crippen LogP contribution in [0.1, 0.15) is 26.7 Å². The van der Waals surface area contributed by atoms with E-state index in [2.05, 4.69) is 13.8 Å². The zero-order valence-corrected chi connectivity index (χ0v) is 6.80. The summed E-state index contributed by atoms with van der Waals surface area (Å²) in [6.07, 6.45) is 1.83. The van der Waals surface area contributed by atoms with Gasteiger partial charge in [-0.3, -0.25) is 0 Å². The van der Waals surface area contributed by atoms with E-state index in [-0.39, 0.29) is 6.10 Å². The van der Waals surface area contributed by atoms with Gasteiger partial charge in [-0.15, -0.1) is 0 Å². The zero-order chi connectivity index (χ0) is 7.78. The fourth-order valence-electron chi connectivity index (χ4n) is 1.90. The molecule has 0 saturated heterocycles. The van der Waals surface area contributed by atoms with E-state index in [1.165, 1.54) is 0 Å². The highest BCUT2D eigenvalue weighted by molar-refractivity contribution is 4.88. The van der Waals surface area contributed by atoms with Gasteiger partial charge in [0.25, 0.3) is 0 Å². The molecule has 60 valence electrons. The summed E-state index contributed by atoms with van der Waals surface area (Å²) in [5.41, 5.74) is 5.79. The molecule has 0 bridgehead atoms. The standard InChI is InChI=1S/C8H17NO/c1-8(2)3-6(5-9)7(10)4-8/h6-7,10H,3-5,9H2,1-2H3. The van der Waals surface area contributed by atoms with Gasteiger partial charge >= 0.3 is 0 Å². The second-order valence-electron chi connectivity index (χ2n) is 4.14. The molecule has 1 rings (SSSR count). The maximum atomic E-state index is 9.44. The lowest BCUT2D eigenvalue weighted by Gasteiger charge is -2.15. The molecule has 1 aliphatic carbocycles. The van der Waals surface area contributed by atoms with Crippen molar-refractivity contribution in [1.82, 2.24) is 0 Å². The van der Waals surface area contributed by atoms with E-state index < -0.39 is 0 Å². The minimum atomic E-state index is -0.153. The Morgan fingerprint density at radius 1 is 1.50 bits per heavy atom.